The molecule has 0 unspecified atom stereocenters. The van der Waals surface area contributed by atoms with Gasteiger partial charge in [0.2, 0.25) is 0 Å². The third kappa shape index (κ3) is 1.13. The van der Waals surface area contributed by atoms with E-state index in [1.54, 1.807) is 7.11 Å². The Morgan fingerprint density at radius 2 is 2.18 bits per heavy atom. The third-order valence-electron chi connectivity index (χ3n) is 2.31. The van der Waals surface area contributed by atoms with Crippen LogP contribution in [0.3, 0.4) is 0 Å². The van der Waals surface area contributed by atoms with Crippen LogP contribution >= 0.6 is 0 Å². The van der Waals surface area contributed by atoms with Gasteiger partial charge in [0.15, 0.2) is 5.88 Å². The molecule has 0 aromatic carbocycles. The molecular formula is C9H13NO. The van der Waals surface area contributed by atoms with Gasteiger partial charge in [0, 0.05) is 11.8 Å². The number of aryl methyl sites for hydroxylation is 2. The summed E-state index contributed by atoms with van der Waals surface area (Å²) < 4.78 is 5.11. The highest BCUT2D eigenvalue weighted by molar-refractivity contribution is 5.31. The summed E-state index contributed by atoms with van der Waals surface area (Å²) in [5, 5.41) is 0. The van der Waals surface area contributed by atoms with Crippen molar-refractivity contribution >= 4 is 0 Å². The van der Waals surface area contributed by atoms with E-state index in [9.17, 15) is 0 Å². The van der Waals surface area contributed by atoms with E-state index >= 15 is 0 Å². The molecule has 0 saturated heterocycles. The maximum absolute atomic E-state index is 5.11. The molecule has 0 fully saturated rings. The molecule has 1 heterocycles. The number of ether oxygens (including phenoxy) is 1. The lowest BCUT2D eigenvalue weighted by Gasteiger charge is -2.08. The minimum atomic E-state index is 0.914. The highest BCUT2D eigenvalue weighted by Gasteiger charge is 2.11. The molecule has 2 heteroatoms. The first-order chi connectivity index (χ1) is 5.40. The van der Waals surface area contributed by atoms with Crippen molar-refractivity contribution in [3.8, 4) is 5.88 Å². The number of hydrogen-bond donors (Lipinski definition) is 1. The second-order valence-electron chi connectivity index (χ2n) is 3.05. The Bertz CT molecular complexity index is 229. The Labute approximate surface area is 66.6 Å². The van der Waals surface area contributed by atoms with E-state index in [2.05, 4.69) is 11.1 Å². The zero-order chi connectivity index (χ0) is 7.68. The first kappa shape index (κ1) is 6.77. The van der Waals surface area contributed by atoms with E-state index in [1.807, 2.05) is 0 Å². The second kappa shape index (κ2) is 2.61. The van der Waals surface area contributed by atoms with Gasteiger partial charge in [-0.2, -0.15) is 0 Å². The standard InChI is InChI=1S/C9H13NO/c1-11-9-6-7-4-2-3-5-8(7)10-9/h6,10H,2-5H2,1H3. The summed E-state index contributed by atoms with van der Waals surface area (Å²) >= 11 is 0. The van der Waals surface area contributed by atoms with Crippen molar-refractivity contribution in [1.29, 1.82) is 0 Å². The molecule has 0 atom stereocenters. The maximum atomic E-state index is 5.11. The molecule has 1 N–H and O–H groups in total. The molecule has 0 spiro atoms. The van der Waals surface area contributed by atoms with Crippen molar-refractivity contribution in [2.24, 2.45) is 0 Å². The van der Waals surface area contributed by atoms with Crippen molar-refractivity contribution < 1.29 is 4.74 Å². The predicted molar refractivity (Wildman–Crippen MR) is 44.0 cm³/mol. The lowest BCUT2D eigenvalue weighted by Crippen LogP contribution is -1.99. The first-order valence-electron chi connectivity index (χ1n) is 4.15. The van der Waals surface area contributed by atoms with Crippen molar-refractivity contribution in [2.45, 2.75) is 25.7 Å². The van der Waals surface area contributed by atoms with E-state index < -0.39 is 0 Å². The van der Waals surface area contributed by atoms with Crippen LogP contribution < -0.4 is 4.74 Å². The number of methoxy groups -OCH3 is 1. The number of aromatic nitrogens is 1. The molecule has 2 rings (SSSR count). The monoisotopic (exact) mass is 151 g/mol. The van der Waals surface area contributed by atoms with Crippen LogP contribution in [-0.4, -0.2) is 12.1 Å². The van der Waals surface area contributed by atoms with Crippen LogP contribution in [0.15, 0.2) is 6.07 Å². The summed E-state index contributed by atoms with van der Waals surface area (Å²) in [6.45, 7) is 0. The van der Waals surface area contributed by atoms with Crippen LogP contribution in [0.4, 0.5) is 0 Å². The van der Waals surface area contributed by atoms with Crippen LogP contribution in [0.5, 0.6) is 5.88 Å². The van der Waals surface area contributed by atoms with Gasteiger partial charge < -0.3 is 9.72 Å². The molecule has 1 aromatic rings. The molecule has 0 aliphatic heterocycles. The highest BCUT2D eigenvalue weighted by atomic mass is 16.5. The van der Waals surface area contributed by atoms with Gasteiger partial charge >= 0.3 is 0 Å². The number of fused-ring (bicyclic) bond motifs is 1. The van der Waals surface area contributed by atoms with Gasteiger partial charge in [-0.1, -0.05) is 0 Å². The molecule has 60 valence electrons. The van der Waals surface area contributed by atoms with E-state index in [0.29, 0.717) is 0 Å². The third-order valence-corrected chi connectivity index (χ3v) is 2.31. The number of nitrogens with one attached hydrogen (secondary N) is 1. The summed E-state index contributed by atoms with van der Waals surface area (Å²) in [5.41, 5.74) is 2.83. The molecule has 1 aliphatic carbocycles. The average Bonchev–Trinajstić information content (AvgIpc) is 2.46. The van der Waals surface area contributed by atoms with Crippen LogP contribution in [0.25, 0.3) is 0 Å². The van der Waals surface area contributed by atoms with E-state index in [1.165, 1.54) is 36.9 Å². The van der Waals surface area contributed by atoms with E-state index in [0.717, 1.165) is 5.88 Å². The lowest BCUT2D eigenvalue weighted by molar-refractivity contribution is 0.399. The van der Waals surface area contributed by atoms with Crippen LogP contribution in [0, 0.1) is 0 Å². The zero-order valence-corrected chi connectivity index (χ0v) is 6.81. The molecular weight excluding hydrogens is 138 g/mol. The van der Waals surface area contributed by atoms with Gasteiger partial charge in [0.1, 0.15) is 0 Å². The normalized spacial score (nSPS) is 16.1. The maximum Gasteiger partial charge on any atom is 0.190 e. The van der Waals surface area contributed by atoms with Crippen molar-refractivity contribution in [1.82, 2.24) is 4.98 Å². The minimum Gasteiger partial charge on any atom is -0.482 e. The Kier molecular flexibility index (Phi) is 1.60. The van der Waals surface area contributed by atoms with Crippen molar-refractivity contribution in [3.05, 3.63) is 17.3 Å². The smallest absolute Gasteiger partial charge is 0.190 e. The summed E-state index contributed by atoms with van der Waals surface area (Å²) in [5.74, 6) is 0.914. The fraction of sp³-hybridized carbons (Fsp3) is 0.556. The molecule has 11 heavy (non-hydrogen) atoms. The van der Waals surface area contributed by atoms with Gasteiger partial charge in [0.25, 0.3) is 0 Å². The average molecular weight is 151 g/mol. The fourth-order valence-electron chi connectivity index (χ4n) is 1.68. The summed E-state index contributed by atoms with van der Waals surface area (Å²) in [4.78, 5) is 3.26. The predicted octanol–water partition coefficient (Wildman–Crippen LogP) is 1.90. The topological polar surface area (TPSA) is 25.0 Å². The number of aromatic amines is 1. The van der Waals surface area contributed by atoms with Crippen molar-refractivity contribution in [3.63, 3.8) is 0 Å². The van der Waals surface area contributed by atoms with Gasteiger partial charge in [-0.15, -0.1) is 0 Å². The largest absolute Gasteiger partial charge is 0.482 e. The van der Waals surface area contributed by atoms with Crippen LogP contribution in [0.1, 0.15) is 24.1 Å². The number of H-pyrrole nitrogens is 1. The summed E-state index contributed by atoms with van der Waals surface area (Å²) in [6.07, 6.45) is 5.05. The Hall–Kier alpha value is -0.920. The first-order valence-corrected chi connectivity index (χ1v) is 4.15. The highest BCUT2D eigenvalue weighted by Crippen LogP contribution is 2.24. The SMILES string of the molecule is COc1cc2c([nH]1)CCCC2. The molecule has 0 radical (unpaired) electrons. The minimum absolute atomic E-state index is 0.914. The van der Waals surface area contributed by atoms with E-state index in [4.69, 9.17) is 4.74 Å². The summed E-state index contributed by atoms with van der Waals surface area (Å²) in [6, 6.07) is 2.12. The Morgan fingerprint density at radius 3 is 2.91 bits per heavy atom. The molecule has 0 bridgehead atoms. The molecule has 0 saturated carbocycles. The lowest BCUT2D eigenvalue weighted by atomic mass is 9.98. The zero-order valence-electron chi connectivity index (χ0n) is 6.81. The van der Waals surface area contributed by atoms with Gasteiger partial charge in [-0.05, 0) is 31.2 Å². The van der Waals surface area contributed by atoms with Gasteiger partial charge in [-0.25, -0.2) is 0 Å². The van der Waals surface area contributed by atoms with Gasteiger partial charge in [-0.3, -0.25) is 0 Å². The van der Waals surface area contributed by atoms with Crippen LogP contribution in [-0.2, 0) is 12.8 Å². The molecule has 2 nitrogen and oxygen atoms in total. The Morgan fingerprint density at radius 1 is 1.36 bits per heavy atom. The second-order valence-corrected chi connectivity index (χ2v) is 3.05. The van der Waals surface area contributed by atoms with Gasteiger partial charge in [0.05, 0.1) is 7.11 Å². The van der Waals surface area contributed by atoms with Crippen molar-refractivity contribution in [2.75, 3.05) is 7.11 Å². The Balaban J connectivity index is 2.32. The summed E-state index contributed by atoms with van der Waals surface area (Å²) in [7, 11) is 1.71. The molecule has 0 amide bonds. The fourth-order valence-corrected chi connectivity index (χ4v) is 1.68. The van der Waals surface area contributed by atoms with Crippen LogP contribution in [0.2, 0.25) is 0 Å². The molecule has 1 aromatic heterocycles. The number of hydrogen-bond acceptors (Lipinski definition) is 1. The van der Waals surface area contributed by atoms with E-state index in [-0.39, 0.29) is 0 Å². The number of rotatable bonds is 1. The quantitative estimate of drug-likeness (QED) is 0.651. The molecule has 1 aliphatic rings.